The molecule has 3 rings (SSSR count). The van der Waals surface area contributed by atoms with Gasteiger partial charge in [0.05, 0.1) is 11.4 Å². The Kier molecular flexibility index (Phi) is 7.29. The van der Waals surface area contributed by atoms with Gasteiger partial charge in [-0.25, -0.2) is 12.8 Å². The van der Waals surface area contributed by atoms with E-state index in [-0.39, 0.29) is 16.8 Å². The van der Waals surface area contributed by atoms with Gasteiger partial charge in [-0.05, 0) is 51.0 Å². The highest BCUT2D eigenvalue weighted by atomic mass is 32.2. The maximum Gasteiger partial charge on any atom is 0.243 e. The van der Waals surface area contributed by atoms with Gasteiger partial charge in [-0.15, -0.1) is 0 Å². The standard InChI is InChI=1S/C21H32FN3O3S/c1-17(2)25(19-6-4-3-5-7-19)21(26)16-23-12-14-24(15-13-23)29(27,28)20-10-8-18(22)9-11-20/h8-11,17,19H,3-7,12-16H2,1-2H3. The first-order chi connectivity index (χ1) is 13.8. The zero-order chi connectivity index (χ0) is 21.0. The summed E-state index contributed by atoms with van der Waals surface area (Å²) in [6.45, 7) is 6.17. The van der Waals surface area contributed by atoms with Crippen molar-refractivity contribution in [3.8, 4) is 0 Å². The normalized spacial score (nSPS) is 20.1. The van der Waals surface area contributed by atoms with Gasteiger partial charge in [0.25, 0.3) is 0 Å². The van der Waals surface area contributed by atoms with Crippen molar-refractivity contribution in [3.05, 3.63) is 30.1 Å². The third-order valence-electron chi connectivity index (χ3n) is 5.95. The number of piperazine rings is 1. The Labute approximate surface area is 173 Å². The minimum atomic E-state index is -3.63. The summed E-state index contributed by atoms with van der Waals surface area (Å²) in [6, 6.07) is 5.42. The molecule has 2 fully saturated rings. The lowest BCUT2D eigenvalue weighted by Crippen LogP contribution is -2.54. The highest BCUT2D eigenvalue weighted by Crippen LogP contribution is 2.25. The molecule has 29 heavy (non-hydrogen) atoms. The maximum absolute atomic E-state index is 13.1. The smallest absolute Gasteiger partial charge is 0.243 e. The number of benzene rings is 1. The van der Waals surface area contributed by atoms with Gasteiger partial charge in [0, 0.05) is 38.3 Å². The molecule has 1 aromatic rings. The Balaban J connectivity index is 1.57. The lowest BCUT2D eigenvalue weighted by Gasteiger charge is -2.40. The quantitative estimate of drug-likeness (QED) is 0.703. The summed E-state index contributed by atoms with van der Waals surface area (Å²) >= 11 is 0. The van der Waals surface area contributed by atoms with Crippen LogP contribution in [0.3, 0.4) is 0 Å². The molecule has 0 bridgehead atoms. The molecule has 1 aromatic carbocycles. The minimum absolute atomic E-state index is 0.103. The predicted molar refractivity (Wildman–Crippen MR) is 110 cm³/mol. The summed E-state index contributed by atoms with van der Waals surface area (Å²) in [6.07, 6.45) is 5.77. The summed E-state index contributed by atoms with van der Waals surface area (Å²) in [5, 5.41) is 0. The van der Waals surface area contributed by atoms with Crippen LogP contribution in [0.4, 0.5) is 4.39 Å². The highest BCUT2D eigenvalue weighted by Gasteiger charge is 2.32. The molecular weight excluding hydrogens is 393 g/mol. The van der Waals surface area contributed by atoms with Crippen LogP contribution in [0.25, 0.3) is 0 Å². The molecule has 6 nitrogen and oxygen atoms in total. The molecule has 0 aromatic heterocycles. The summed E-state index contributed by atoms with van der Waals surface area (Å²) in [4.78, 5) is 17.2. The van der Waals surface area contributed by atoms with Gasteiger partial charge in [-0.2, -0.15) is 4.31 Å². The topological polar surface area (TPSA) is 60.9 Å². The Hall–Kier alpha value is -1.51. The van der Waals surface area contributed by atoms with Crippen LogP contribution in [0.5, 0.6) is 0 Å². The van der Waals surface area contributed by atoms with Crippen LogP contribution in [-0.4, -0.2) is 73.2 Å². The summed E-state index contributed by atoms with van der Waals surface area (Å²) in [5.41, 5.74) is 0. The first kappa shape index (κ1) is 22.2. The number of carbonyl (C=O) groups is 1. The Bertz CT molecular complexity index is 784. The largest absolute Gasteiger partial charge is 0.336 e. The first-order valence-corrected chi connectivity index (χ1v) is 12.0. The Morgan fingerprint density at radius 2 is 1.66 bits per heavy atom. The van der Waals surface area contributed by atoms with Crippen molar-refractivity contribution < 1.29 is 17.6 Å². The van der Waals surface area contributed by atoms with Gasteiger partial charge >= 0.3 is 0 Å². The van der Waals surface area contributed by atoms with E-state index in [2.05, 4.69) is 13.8 Å². The summed E-state index contributed by atoms with van der Waals surface area (Å²) < 4.78 is 40.0. The van der Waals surface area contributed by atoms with Crippen LogP contribution >= 0.6 is 0 Å². The second-order valence-corrected chi connectivity index (χ2v) is 10.3. The van der Waals surface area contributed by atoms with Gasteiger partial charge in [0.1, 0.15) is 5.82 Å². The lowest BCUT2D eigenvalue weighted by molar-refractivity contribution is -0.137. The number of rotatable bonds is 6. The molecule has 1 amide bonds. The van der Waals surface area contributed by atoms with Crippen molar-refractivity contribution in [1.29, 1.82) is 0 Å². The predicted octanol–water partition coefficient (Wildman–Crippen LogP) is 2.70. The van der Waals surface area contributed by atoms with E-state index in [4.69, 9.17) is 0 Å². The first-order valence-electron chi connectivity index (χ1n) is 10.6. The number of sulfonamides is 1. The van der Waals surface area contributed by atoms with Crippen LogP contribution in [0.1, 0.15) is 46.0 Å². The molecule has 0 spiro atoms. The molecule has 0 atom stereocenters. The monoisotopic (exact) mass is 425 g/mol. The molecule has 0 unspecified atom stereocenters. The second-order valence-electron chi connectivity index (χ2n) is 8.32. The fourth-order valence-electron chi connectivity index (χ4n) is 4.43. The van der Waals surface area contributed by atoms with Crippen LogP contribution in [-0.2, 0) is 14.8 Å². The van der Waals surface area contributed by atoms with Crippen molar-refractivity contribution in [3.63, 3.8) is 0 Å². The van der Waals surface area contributed by atoms with Gasteiger partial charge in [0.15, 0.2) is 0 Å². The molecule has 1 saturated carbocycles. The minimum Gasteiger partial charge on any atom is -0.336 e. The van der Waals surface area contributed by atoms with E-state index < -0.39 is 15.8 Å². The van der Waals surface area contributed by atoms with E-state index in [1.54, 1.807) is 0 Å². The van der Waals surface area contributed by atoms with Crippen LogP contribution < -0.4 is 0 Å². The maximum atomic E-state index is 13.1. The zero-order valence-electron chi connectivity index (χ0n) is 17.4. The number of halogens is 1. The number of carbonyl (C=O) groups excluding carboxylic acids is 1. The van der Waals surface area contributed by atoms with Crippen molar-refractivity contribution in [2.24, 2.45) is 0 Å². The molecule has 0 radical (unpaired) electrons. The van der Waals surface area contributed by atoms with Crippen molar-refractivity contribution in [1.82, 2.24) is 14.1 Å². The molecule has 1 aliphatic heterocycles. The van der Waals surface area contributed by atoms with E-state index in [1.165, 1.54) is 35.7 Å². The third-order valence-corrected chi connectivity index (χ3v) is 7.87. The number of amides is 1. The summed E-state index contributed by atoms with van der Waals surface area (Å²) in [7, 11) is -3.63. The molecule has 8 heteroatoms. The van der Waals surface area contributed by atoms with Crippen molar-refractivity contribution in [2.45, 2.75) is 62.9 Å². The van der Waals surface area contributed by atoms with E-state index in [1.807, 2.05) is 9.80 Å². The fourth-order valence-corrected chi connectivity index (χ4v) is 5.85. The van der Waals surface area contributed by atoms with Crippen LogP contribution in [0.15, 0.2) is 29.2 Å². The number of hydrogen-bond donors (Lipinski definition) is 0. The van der Waals surface area contributed by atoms with Crippen LogP contribution in [0.2, 0.25) is 0 Å². The van der Waals surface area contributed by atoms with E-state index >= 15 is 0 Å². The van der Waals surface area contributed by atoms with E-state index in [9.17, 15) is 17.6 Å². The van der Waals surface area contributed by atoms with Gasteiger partial charge in [-0.3, -0.25) is 9.69 Å². The molecule has 2 aliphatic rings. The SMILES string of the molecule is CC(C)N(C(=O)CN1CCN(S(=O)(=O)c2ccc(F)cc2)CC1)C1CCCCC1. The number of hydrogen-bond acceptors (Lipinski definition) is 4. The fraction of sp³-hybridized carbons (Fsp3) is 0.667. The van der Waals surface area contributed by atoms with E-state index in [0.717, 1.165) is 25.0 Å². The van der Waals surface area contributed by atoms with Gasteiger partial charge in [-0.1, -0.05) is 19.3 Å². The van der Waals surface area contributed by atoms with E-state index in [0.29, 0.717) is 38.8 Å². The van der Waals surface area contributed by atoms with Crippen molar-refractivity contribution in [2.75, 3.05) is 32.7 Å². The third kappa shape index (κ3) is 5.35. The average molecular weight is 426 g/mol. The Morgan fingerprint density at radius 3 is 2.21 bits per heavy atom. The van der Waals surface area contributed by atoms with Gasteiger partial charge < -0.3 is 4.90 Å². The molecule has 0 N–H and O–H groups in total. The number of nitrogens with zero attached hydrogens (tertiary/aromatic N) is 3. The Morgan fingerprint density at radius 1 is 1.07 bits per heavy atom. The van der Waals surface area contributed by atoms with Gasteiger partial charge in [0.2, 0.25) is 15.9 Å². The highest BCUT2D eigenvalue weighted by molar-refractivity contribution is 7.89. The molecule has 162 valence electrons. The lowest BCUT2D eigenvalue weighted by atomic mass is 9.93. The zero-order valence-corrected chi connectivity index (χ0v) is 18.2. The summed E-state index contributed by atoms with van der Waals surface area (Å²) in [5.74, 6) is -0.318. The van der Waals surface area contributed by atoms with Crippen LogP contribution in [0, 0.1) is 5.82 Å². The second kappa shape index (κ2) is 9.53. The molecule has 1 heterocycles. The molecule has 1 aliphatic carbocycles. The van der Waals surface area contributed by atoms with Crippen molar-refractivity contribution >= 4 is 15.9 Å². The molecule has 1 saturated heterocycles. The molecular formula is C21H32FN3O3S. The average Bonchev–Trinajstić information content (AvgIpc) is 2.69.